The minimum atomic E-state index is -4.54. The number of nitrogens with one attached hydrogen (secondary N) is 2. The molecule has 4 aromatic rings. The molecule has 6 nitrogen and oxygen atoms in total. The number of H-pyrrole nitrogens is 1. The van der Waals surface area contributed by atoms with Gasteiger partial charge in [0.15, 0.2) is 0 Å². The Balaban J connectivity index is 1.31. The predicted molar refractivity (Wildman–Crippen MR) is 144 cm³/mol. The number of piperidine rings is 1. The molecule has 0 aliphatic carbocycles. The van der Waals surface area contributed by atoms with Gasteiger partial charge < -0.3 is 15.2 Å². The second-order valence-electron chi connectivity index (χ2n) is 9.59. The fraction of sp³-hybridized carbons (Fsp3) is 0.321. The molecular formula is C28H27ClF3N5O. The summed E-state index contributed by atoms with van der Waals surface area (Å²) in [4.78, 5) is 27.4. The Labute approximate surface area is 223 Å². The summed E-state index contributed by atoms with van der Waals surface area (Å²) in [7, 11) is 0. The fourth-order valence-electron chi connectivity index (χ4n) is 4.87. The lowest BCUT2D eigenvalue weighted by molar-refractivity contribution is -0.137. The largest absolute Gasteiger partial charge is 0.416 e. The van der Waals surface area contributed by atoms with Crippen molar-refractivity contribution in [1.29, 1.82) is 0 Å². The van der Waals surface area contributed by atoms with E-state index in [2.05, 4.69) is 32.1 Å². The van der Waals surface area contributed by atoms with Gasteiger partial charge in [-0.15, -0.1) is 0 Å². The molecule has 1 saturated heterocycles. The topological polar surface area (TPSA) is 73.9 Å². The van der Waals surface area contributed by atoms with Crippen molar-refractivity contribution in [3.8, 4) is 11.4 Å². The summed E-state index contributed by atoms with van der Waals surface area (Å²) in [6, 6.07) is 11.4. The number of aromatic amines is 1. The Hall–Kier alpha value is -3.59. The number of hydrogen-bond acceptors (Lipinski definition) is 4. The second kappa shape index (κ2) is 10.6. The van der Waals surface area contributed by atoms with E-state index in [-0.39, 0.29) is 16.3 Å². The maximum atomic E-state index is 13.0. The highest BCUT2D eigenvalue weighted by Crippen LogP contribution is 2.32. The van der Waals surface area contributed by atoms with Crippen molar-refractivity contribution in [3.05, 3.63) is 70.9 Å². The first kappa shape index (κ1) is 26.0. The van der Waals surface area contributed by atoms with Crippen LogP contribution in [0.1, 0.15) is 48.5 Å². The van der Waals surface area contributed by atoms with Gasteiger partial charge in [0.05, 0.1) is 27.3 Å². The zero-order chi connectivity index (χ0) is 26.9. The van der Waals surface area contributed by atoms with Gasteiger partial charge in [-0.1, -0.05) is 37.4 Å². The van der Waals surface area contributed by atoms with E-state index < -0.39 is 17.6 Å². The maximum absolute atomic E-state index is 13.0. The molecule has 1 aliphatic heterocycles. The van der Waals surface area contributed by atoms with Gasteiger partial charge >= 0.3 is 6.18 Å². The number of fused-ring (bicyclic) bond motifs is 1. The van der Waals surface area contributed by atoms with Crippen molar-refractivity contribution in [2.75, 3.05) is 23.3 Å². The highest BCUT2D eigenvalue weighted by atomic mass is 35.5. The SMILES string of the molecule is CCCC1CCN(c2ccc(-c3nc4cc(NC(=O)c5cccc(C(F)(F)F)c5)c(Cl)cc4[nH]3)cn2)CC1. The first-order valence-corrected chi connectivity index (χ1v) is 13.0. The van der Waals surface area contributed by atoms with E-state index in [1.54, 1.807) is 18.3 Å². The molecule has 2 N–H and O–H groups in total. The molecule has 0 saturated carbocycles. The molecule has 0 radical (unpaired) electrons. The van der Waals surface area contributed by atoms with Crippen LogP contribution in [-0.4, -0.2) is 33.9 Å². The number of alkyl halides is 3. The molecule has 3 heterocycles. The molecule has 2 aromatic carbocycles. The molecule has 1 aliphatic rings. The van der Waals surface area contributed by atoms with E-state index in [1.165, 1.54) is 37.8 Å². The summed E-state index contributed by atoms with van der Waals surface area (Å²) in [5.74, 6) is 1.64. The average Bonchev–Trinajstić information content (AvgIpc) is 3.32. The molecule has 38 heavy (non-hydrogen) atoms. The van der Waals surface area contributed by atoms with Crippen LogP contribution in [0.2, 0.25) is 5.02 Å². The number of amides is 1. The van der Waals surface area contributed by atoms with Crippen LogP contribution in [0, 0.1) is 5.92 Å². The predicted octanol–water partition coefficient (Wildman–Crippen LogP) is 7.57. The molecule has 0 bridgehead atoms. The number of benzene rings is 2. The normalized spacial score (nSPS) is 14.7. The summed E-state index contributed by atoms with van der Waals surface area (Å²) in [5.41, 5.74) is 1.23. The van der Waals surface area contributed by atoms with Gasteiger partial charge in [0.2, 0.25) is 0 Å². The molecule has 1 amide bonds. The number of aromatic nitrogens is 3. The molecular weight excluding hydrogens is 515 g/mol. The summed E-state index contributed by atoms with van der Waals surface area (Å²) >= 11 is 6.37. The van der Waals surface area contributed by atoms with Crippen LogP contribution in [0.15, 0.2) is 54.7 Å². The minimum Gasteiger partial charge on any atom is -0.357 e. The van der Waals surface area contributed by atoms with Crippen molar-refractivity contribution in [1.82, 2.24) is 15.0 Å². The van der Waals surface area contributed by atoms with Crippen molar-refractivity contribution in [2.24, 2.45) is 5.92 Å². The third-order valence-electron chi connectivity index (χ3n) is 6.93. The summed E-state index contributed by atoms with van der Waals surface area (Å²) in [5, 5.41) is 2.82. The van der Waals surface area contributed by atoms with Gasteiger partial charge in [-0.25, -0.2) is 9.97 Å². The van der Waals surface area contributed by atoms with E-state index in [0.29, 0.717) is 16.9 Å². The number of carbonyl (C=O) groups is 1. The highest BCUT2D eigenvalue weighted by molar-refractivity contribution is 6.34. The van der Waals surface area contributed by atoms with E-state index in [4.69, 9.17) is 11.6 Å². The first-order valence-electron chi connectivity index (χ1n) is 12.6. The lowest BCUT2D eigenvalue weighted by atomic mass is 9.92. The number of halogens is 4. The van der Waals surface area contributed by atoms with Crippen LogP contribution >= 0.6 is 11.6 Å². The first-order chi connectivity index (χ1) is 18.2. The Morgan fingerprint density at radius 1 is 1.16 bits per heavy atom. The quantitative estimate of drug-likeness (QED) is 0.264. The Morgan fingerprint density at radius 2 is 1.95 bits per heavy atom. The van der Waals surface area contributed by atoms with Gasteiger partial charge in [-0.3, -0.25) is 4.79 Å². The number of hydrogen-bond donors (Lipinski definition) is 2. The lowest BCUT2D eigenvalue weighted by Gasteiger charge is -2.32. The monoisotopic (exact) mass is 541 g/mol. The Morgan fingerprint density at radius 3 is 2.63 bits per heavy atom. The van der Waals surface area contributed by atoms with Crippen LogP contribution in [0.5, 0.6) is 0 Å². The Kier molecular flexibility index (Phi) is 7.29. The molecule has 0 atom stereocenters. The van der Waals surface area contributed by atoms with Crippen LogP contribution < -0.4 is 10.2 Å². The number of carbonyl (C=O) groups excluding carboxylic acids is 1. The average molecular weight is 542 g/mol. The van der Waals surface area contributed by atoms with Crippen LogP contribution in [-0.2, 0) is 6.18 Å². The van der Waals surface area contributed by atoms with E-state index in [1.807, 2.05) is 12.1 Å². The number of anilines is 2. The van der Waals surface area contributed by atoms with Crippen molar-refractivity contribution >= 4 is 40.0 Å². The van der Waals surface area contributed by atoms with Gasteiger partial charge in [-0.2, -0.15) is 13.2 Å². The molecule has 10 heteroatoms. The second-order valence-corrected chi connectivity index (χ2v) is 10.00. The van der Waals surface area contributed by atoms with Crippen LogP contribution in [0.3, 0.4) is 0 Å². The number of imidazole rings is 1. The number of nitrogens with zero attached hydrogens (tertiary/aromatic N) is 3. The third kappa shape index (κ3) is 5.62. The molecule has 1 fully saturated rings. The standard InChI is InChI=1S/C28H27ClF3N5O/c1-2-4-17-9-11-37(12-10-17)25-8-7-19(16-33-25)26-34-23-14-21(29)22(15-24(23)35-26)36-27(38)18-5-3-6-20(13-18)28(30,31)32/h3,5-8,13-17H,2,4,9-12H2,1H3,(H,34,35)(H,36,38). The fourth-order valence-corrected chi connectivity index (χ4v) is 5.08. The lowest BCUT2D eigenvalue weighted by Crippen LogP contribution is -2.34. The van der Waals surface area contributed by atoms with Gasteiger partial charge in [0.1, 0.15) is 11.6 Å². The Bertz CT molecular complexity index is 1440. The van der Waals surface area contributed by atoms with Gasteiger partial charge in [-0.05, 0) is 61.2 Å². The zero-order valence-electron chi connectivity index (χ0n) is 20.8. The summed E-state index contributed by atoms with van der Waals surface area (Å²) in [6.45, 7) is 4.25. The van der Waals surface area contributed by atoms with Crippen molar-refractivity contribution < 1.29 is 18.0 Å². The minimum absolute atomic E-state index is 0.126. The van der Waals surface area contributed by atoms with Crippen molar-refractivity contribution in [3.63, 3.8) is 0 Å². The number of rotatable bonds is 6. The van der Waals surface area contributed by atoms with Gasteiger partial charge in [0, 0.05) is 30.4 Å². The summed E-state index contributed by atoms with van der Waals surface area (Å²) < 4.78 is 39.1. The van der Waals surface area contributed by atoms with E-state index >= 15 is 0 Å². The van der Waals surface area contributed by atoms with Crippen molar-refractivity contribution in [2.45, 2.75) is 38.8 Å². The molecule has 0 spiro atoms. The molecule has 5 rings (SSSR count). The van der Waals surface area contributed by atoms with Crippen LogP contribution in [0.4, 0.5) is 24.7 Å². The zero-order valence-corrected chi connectivity index (χ0v) is 21.5. The van der Waals surface area contributed by atoms with Crippen LogP contribution in [0.25, 0.3) is 22.4 Å². The van der Waals surface area contributed by atoms with E-state index in [9.17, 15) is 18.0 Å². The highest BCUT2D eigenvalue weighted by Gasteiger charge is 2.31. The molecule has 198 valence electrons. The molecule has 0 unspecified atom stereocenters. The smallest absolute Gasteiger partial charge is 0.357 e. The maximum Gasteiger partial charge on any atom is 0.416 e. The van der Waals surface area contributed by atoms with Gasteiger partial charge in [0.25, 0.3) is 5.91 Å². The van der Waals surface area contributed by atoms with E-state index in [0.717, 1.165) is 42.5 Å². The third-order valence-corrected chi connectivity index (χ3v) is 7.24. The summed E-state index contributed by atoms with van der Waals surface area (Å²) in [6.07, 6.45) is 2.12. The molecule has 2 aromatic heterocycles. The number of pyridine rings is 1.